The minimum Gasteiger partial charge on any atom is -0.375 e. The Balaban J connectivity index is 2.37. The summed E-state index contributed by atoms with van der Waals surface area (Å²) >= 11 is 0. The first-order chi connectivity index (χ1) is 9.51. The van der Waals surface area contributed by atoms with Gasteiger partial charge in [-0.1, -0.05) is 25.1 Å². The van der Waals surface area contributed by atoms with E-state index in [1.165, 1.54) is 0 Å². The van der Waals surface area contributed by atoms with Crippen molar-refractivity contribution in [2.75, 3.05) is 25.0 Å². The standard InChI is InChI=1S/C14H21N3O2S/c1-3-14(12-15)20(18,19)16-10-7-11-17(2)13-8-5-4-6-9-13/h4-6,8-9,14,16H,3,7,10-11H2,1-2H3. The molecule has 0 heterocycles. The van der Waals surface area contributed by atoms with Crippen molar-refractivity contribution in [2.24, 2.45) is 0 Å². The molecule has 5 nitrogen and oxygen atoms in total. The number of benzene rings is 1. The lowest BCUT2D eigenvalue weighted by molar-refractivity contribution is 0.570. The van der Waals surface area contributed by atoms with E-state index in [1.54, 1.807) is 13.0 Å². The summed E-state index contributed by atoms with van der Waals surface area (Å²) in [5.41, 5.74) is 1.10. The SMILES string of the molecule is CCC(C#N)S(=O)(=O)NCCCN(C)c1ccccc1. The molecule has 0 radical (unpaired) electrons. The maximum atomic E-state index is 11.8. The molecule has 1 aromatic rings. The van der Waals surface area contributed by atoms with E-state index in [2.05, 4.69) is 9.62 Å². The zero-order chi connectivity index (χ0) is 15.0. The normalized spacial score (nSPS) is 12.7. The molecule has 0 aliphatic rings. The molecule has 0 saturated carbocycles. The van der Waals surface area contributed by atoms with E-state index in [1.807, 2.05) is 37.4 Å². The van der Waals surface area contributed by atoms with E-state index < -0.39 is 15.3 Å². The van der Waals surface area contributed by atoms with Gasteiger partial charge in [-0.3, -0.25) is 0 Å². The van der Waals surface area contributed by atoms with E-state index >= 15 is 0 Å². The van der Waals surface area contributed by atoms with Crippen LogP contribution in [0.4, 0.5) is 5.69 Å². The number of rotatable bonds is 8. The quantitative estimate of drug-likeness (QED) is 0.741. The summed E-state index contributed by atoms with van der Waals surface area (Å²) < 4.78 is 26.0. The highest BCUT2D eigenvalue weighted by atomic mass is 32.2. The second-order valence-electron chi connectivity index (χ2n) is 4.58. The molecule has 0 fully saturated rings. The summed E-state index contributed by atoms with van der Waals surface area (Å²) in [6.07, 6.45) is 0.988. The lowest BCUT2D eigenvalue weighted by atomic mass is 10.3. The third kappa shape index (κ3) is 4.83. The Labute approximate surface area is 121 Å². The monoisotopic (exact) mass is 295 g/mol. The van der Waals surface area contributed by atoms with Gasteiger partial charge < -0.3 is 4.90 Å². The summed E-state index contributed by atoms with van der Waals surface area (Å²) in [5.74, 6) is 0. The molecule has 110 valence electrons. The largest absolute Gasteiger partial charge is 0.375 e. The van der Waals surface area contributed by atoms with Crippen LogP contribution >= 0.6 is 0 Å². The van der Waals surface area contributed by atoms with Crippen molar-refractivity contribution in [3.63, 3.8) is 0 Å². The summed E-state index contributed by atoms with van der Waals surface area (Å²) in [4.78, 5) is 2.07. The zero-order valence-electron chi connectivity index (χ0n) is 11.9. The van der Waals surface area contributed by atoms with E-state index in [0.29, 0.717) is 19.4 Å². The van der Waals surface area contributed by atoms with E-state index in [4.69, 9.17) is 5.26 Å². The topological polar surface area (TPSA) is 73.2 Å². The predicted molar refractivity (Wildman–Crippen MR) is 80.9 cm³/mol. The van der Waals surface area contributed by atoms with Crippen LogP contribution in [0.25, 0.3) is 0 Å². The number of para-hydroxylation sites is 1. The van der Waals surface area contributed by atoms with Crippen molar-refractivity contribution in [1.82, 2.24) is 4.72 Å². The lowest BCUT2D eigenvalue weighted by Crippen LogP contribution is -2.35. The fourth-order valence-corrected chi connectivity index (χ4v) is 3.03. The molecule has 0 bridgehead atoms. The molecule has 1 unspecified atom stereocenters. The number of anilines is 1. The minimum absolute atomic E-state index is 0.301. The molecule has 1 rings (SSSR count). The van der Waals surface area contributed by atoms with Gasteiger partial charge in [0.25, 0.3) is 0 Å². The number of sulfonamides is 1. The zero-order valence-corrected chi connectivity index (χ0v) is 12.7. The van der Waals surface area contributed by atoms with Gasteiger partial charge in [-0.25, -0.2) is 13.1 Å². The van der Waals surface area contributed by atoms with Gasteiger partial charge in [0, 0.05) is 25.8 Å². The highest BCUT2D eigenvalue weighted by Crippen LogP contribution is 2.10. The Bertz CT molecular complexity index is 537. The van der Waals surface area contributed by atoms with Crippen molar-refractivity contribution >= 4 is 15.7 Å². The van der Waals surface area contributed by atoms with Crippen LogP contribution in [0.2, 0.25) is 0 Å². The number of nitrogens with one attached hydrogen (secondary N) is 1. The smallest absolute Gasteiger partial charge is 0.227 e. The van der Waals surface area contributed by atoms with Crippen LogP contribution in [0.1, 0.15) is 19.8 Å². The van der Waals surface area contributed by atoms with Gasteiger partial charge in [-0.15, -0.1) is 0 Å². The molecule has 1 aromatic carbocycles. The maximum Gasteiger partial charge on any atom is 0.227 e. The Morgan fingerprint density at radius 3 is 2.55 bits per heavy atom. The molecular formula is C14H21N3O2S. The van der Waals surface area contributed by atoms with Gasteiger partial charge in [0.2, 0.25) is 10.0 Å². The number of nitriles is 1. The molecular weight excluding hydrogens is 274 g/mol. The summed E-state index contributed by atoms with van der Waals surface area (Å²) in [7, 11) is -1.55. The average Bonchev–Trinajstić information content (AvgIpc) is 2.45. The first-order valence-corrected chi connectivity index (χ1v) is 8.20. The van der Waals surface area contributed by atoms with Gasteiger partial charge in [0.05, 0.1) is 6.07 Å². The Kier molecular flexibility index (Phi) is 6.49. The lowest BCUT2D eigenvalue weighted by Gasteiger charge is -2.19. The molecule has 1 atom stereocenters. The van der Waals surface area contributed by atoms with Gasteiger partial charge in [0.15, 0.2) is 5.25 Å². The Morgan fingerprint density at radius 2 is 2.00 bits per heavy atom. The van der Waals surface area contributed by atoms with Crippen LogP contribution in [0.15, 0.2) is 30.3 Å². The molecule has 0 amide bonds. The second kappa shape index (κ2) is 7.88. The molecule has 6 heteroatoms. The fraction of sp³-hybridized carbons (Fsp3) is 0.500. The predicted octanol–water partition coefficient (Wildman–Crippen LogP) is 1.73. The van der Waals surface area contributed by atoms with Crippen molar-refractivity contribution in [3.05, 3.63) is 30.3 Å². The molecule has 20 heavy (non-hydrogen) atoms. The van der Waals surface area contributed by atoms with Crippen molar-refractivity contribution in [1.29, 1.82) is 5.26 Å². The Morgan fingerprint density at radius 1 is 1.35 bits per heavy atom. The molecule has 0 aliphatic carbocycles. The molecule has 1 N–H and O–H groups in total. The van der Waals surface area contributed by atoms with Gasteiger partial charge in [0.1, 0.15) is 0 Å². The van der Waals surface area contributed by atoms with Crippen LogP contribution in [0.3, 0.4) is 0 Å². The highest BCUT2D eigenvalue weighted by molar-refractivity contribution is 7.90. The number of nitrogens with zero attached hydrogens (tertiary/aromatic N) is 2. The number of hydrogen-bond donors (Lipinski definition) is 1. The molecule has 0 aromatic heterocycles. The van der Waals surface area contributed by atoms with E-state index in [0.717, 1.165) is 12.2 Å². The van der Waals surface area contributed by atoms with Crippen LogP contribution in [-0.4, -0.2) is 33.8 Å². The van der Waals surface area contributed by atoms with Gasteiger partial charge in [-0.05, 0) is 25.0 Å². The van der Waals surface area contributed by atoms with Crippen LogP contribution in [-0.2, 0) is 10.0 Å². The second-order valence-corrected chi connectivity index (χ2v) is 6.52. The van der Waals surface area contributed by atoms with Crippen LogP contribution in [0.5, 0.6) is 0 Å². The van der Waals surface area contributed by atoms with Crippen molar-refractivity contribution < 1.29 is 8.42 Å². The molecule has 0 saturated heterocycles. The third-order valence-corrected chi connectivity index (χ3v) is 4.85. The van der Waals surface area contributed by atoms with Crippen molar-refractivity contribution in [3.8, 4) is 6.07 Å². The summed E-state index contributed by atoms with van der Waals surface area (Å²) in [5, 5.41) is 7.81. The minimum atomic E-state index is -3.51. The van der Waals surface area contributed by atoms with E-state index in [9.17, 15) is 8.42 Å². The maximum absolute atomic E-state index is 11.8. The molecule has 0 spiro atoms. The first-order valence-electron chi connectivity index (χ1n) is 6.65. The van der Waals surface area contributed by atoms with Gasteiger partial charge >= 0.3 is 0 Å². The summed E-state index contributed by atoms with van der Waals surface area (Å²) in [6.45, 7) is 2.78. The van der Waals surface area contributed by atoms with E-state index in [-0.39, 0.29) is 0 Å². The highest BCUT2D eigenvalue weighted by Gasteiger charge is 2.22. The van der Waals surface area contributed by atoms with Crippen LogP contribution < -0.4 is 9.62 Å². The molecule has 0 aliphatic heterocycles. The summed E-state index contributed by atoms with van der Waals surface area (Å²) in [6, 6.07) is 11.7. The third-order valence-electron chi connectivity index (χ3n) is 3.06. The van der Waals surface area contributed by atoms with Gasteiger partial charge in [-0.2, -0.15) is 5.26 Å². The van der Waals surface area contributed by atoms with Crippen molar-refractivity contribution in [2.45, 2.75) is 25.0 Å². The number of hydrogen-bond acceptors (Lipinski definition) is 4. The van der Waals surface area contributed by atoms with Crippen LogP contribution in [0, 0.1) is 11.3 Å². The fourth-order valence-electron chi connectivity index (χ4n) is 1.82. The average molecular weight is 295 g/mol. The Hall–Kier alpha value is -1.58. The first kappa shape index (κ1) is 16.5.